The van der Waals surface area contributed by atoms with E-state index in [2.05, 4.69) is 10.3 Å². The van der Waals surface area contributed by atoms with Crippen LogP contribution in [0.25, 0.3) is 0 Å². The van der Waals surface area contributed by atoms with Gasteiger partial charge in [-0.1, -0.05) is 0 Å². The third-order valence-corrected chi connectivity index (χ3v) is 4.34. The molecule has 0 radical (unpaired) electrons. The minimum atomic E-state index is -0.871. The Morgan fingerprint density at radius 3 is 2.81 bits per heavy atom. The third-order valence-electron chi connectivity index (χ3n) is 4.34. The number of aliphatic carboxylic acids is 1. The van der Waals surface area contributed by atoms with Crippen LogP contribution in [0.4, 0.5) is 9.18 Å². The number of carboxylic acids is 1. The second-order valence-corrected chi connectivity index (χ2v) is 6.34. The number of carboxylic acid groups (broad SMARTS) is 1. The van der Waals surface area contributed by atoms with E-state index >= 15 is 0 Å². The summed E-state index contributed by atoms with van der Waals surface area (Å²) in [6.45, 7) is 1.02. The second kappa shape index (κ2) is 8.48. The van der Waals surface area contributed by atoms with E-state index < -0.39 is 11.9 Å². The van der Waals surface area contributed by atoms with E-state index in [-0.39, 0.29) is 24.9 Å². The fourth-order valence-electron chi connectivity index (χ4n) is 2.89. The molecule has 1 aromatic carbocycles. The van der Waals surface area contributed by atoms with Crippen LogP contribution in [0.1, 0.15) is 18.4 Å². The molecule has 1 fully saturated rings. The lowest BCUT2D eigenvalue weighted by molar-refractivity contribution is -0.143. The number of carbonyl (C=O) groups is 2. The van der Waals surface area contributed by atoms with Crippen LogP contribution in [0.3, 0.4) is 0 Å². The van der Waals surface area contributed by atoms with Crippen molar-refractivity contribution in [3.8, 4) is 11.6 Å². The van der Waals surface area contributed by atoms with Gasteiger partial charge >= 0.3 is 12.0 Å². The van der Waals surface area contributed by atoms with Crippen molar-refractivity contribution in [3.63, 3.8) is 0 Å². The van der Waals surface area contributed by atoms with Gasteiger partial charge in [-0.2, -0.15) is 0 Å². The number of nitrogens with one attached hydrogen (secondary N) is 1. The lowest BCUT2D eigenvalue weighted by Gasteiger charge is -2.30. The Morgan fingerprint density at radius 2 is 2.07 bits per heavy atom. The van der Waals surface area contributed by atoms with E-state index in [0.29, 0.717) is 31.0 Å². The van der Waals surface area contributed by atoms with Crippen LogP contribution in [-0.4, -0.2) is 40.1 Å². The summed E-state index contributed by atoms with van der Waals surface area (Å²) in [5.41, 5.74) is 0.780. The fraction of sp³-hybridized carbons (Fsp3) is 0.316. The highest BCUT2D eigenvalue weighted by molar-refractivity contribution is 5.76. The van der Waals surface area contributed by atoms with E-state index in [0.717, 1.165) is 5.56 Å². The van der Waals surface area contributed by atoms with Gasteiger partial charge in [0.2, 0.25) is 5.88 Å². The van der Waals surface area contributed by atoms with Gasteiger partial charge in [0.25, 0.3) is 0 Å². The first-order valence-corrected chi connectivity index (χ1v) is 8.65. The number of likely N-dealkylation sites (tertiary alicyclic amines) is 1. The maximum Gasteiger partial charge on any atom is 0.317 e. The first-order valence-electron chi connectivity index (χ1n) is 8.65. The summed E-state index contributed by atoms with van der Waals surface area (Å²) in [6, 6.07) is 8.72. The van der Waals surface area contributed by atoms with Crippen LogP contribution < -0.4 is 10.1 Å². The Bertz CT molecular complexity index is 813. The average molecular weight is 373 g/mol. The second-order valence-electron chi connectivity index (χ2n) is 6.34. The monoisotopic (exact) mass is 373 g/mol. The van der Waals surface area contributed by atoms with Crippen molar-refractivity contribution in [1.82, 2.24) is 15.2 Å². The lowest BCUT2D eigenvalue weighted by Crippen LogP contribution is -2.46. The minimum absolute atomic E-state index is 0.219. The molecule has 7 nitrogen and oxygen atoms in total. The molecule has 0 saturated carbocycles. The maximum absolute atomic E-state index is 12.9. The molecule has 8 heteroatoms. The molecule has 2 amide bonds. The Balaban J connectivity index is 1.55. The van der Waals surface area contributed by atoms with Gasteiger partial charge in [0.15, 0.2) is 0 Å². The standard InChI is InChI=1S/C19H20FN3O4/c20-15-3-5-16(6-4-15)27-17-10-13(7-8-21-17)11-22-19(26)23-9-1-2-14(12-23)18(24)25/h3-8,10,14H,1-2,9,11-12H2,(H,22,26)(H,24,25). The smallest absolute Gasteiger partial charge is 0.317 e. The van der Waals surface area contributed by atoms with Crippen LogP contribution in [-0.2, 0) is 11.3 Å². The maximum atomic E-state index is 12.9. The van der Waals surface area contributed by atoms with Crippen molar-refractivity contribution in [1.29, 1.82) is 0 Å². The number of aromatic nitrogens is 1. The number of ether oxygens (including phenoxy) is 1. The first-order chi connectivity index (χ1) is 13.0. The van der Waals surface area contributed by atoms with E-state index in [1.165, 1.54) is 29.2 Å². The zero-order valence-electron chi connectivity index (χ0n) is 14.6. The summed E-state index contributed by atoms with van der Waals surface area (Å²) in [4.78, 5) is 29.0. The van der Waals surface area contributed by atoms with Gasteiger partial charge in [0, 0.05) is 31.9 Å². The number of hydrogen-bond donors (Lipinski definition) is 2. The fourth-order valence-corrected chi connectivity index (χ4v) is 2.89. The summed E-state index contributed by atoms with van der Waals surface area (Å²) in [5.74, 6) is -0.949. The molecule has 27 heavy (non-hydrogen) atoms. The van der Waals surface area contributed by atoms with E-state index in [4.69, 9.17) is 9.84 Å². The normalized spacial score (nSPS) is 16.6. The number of hydrogen-bond acceptors (Lipinski definition) is 4. The van der Waals surface area contributed by atoms with Gasteiger partial charge in [0.05, 0.1) is 5.92 Å². The molecule has 3 rings (SSSR count). The van der Waals surface area contributed by atoms with Crippen molar-refractivity contribution in [2.75, 3.05) is 13.1 Å². The molecule has 2 aromatic rings. The van der Waals surface area contributed by atoms with Crippen molar-refractivity contribution in [2.24, 2.45) is 5.92 Å². The van der Waals surface area contributed by atoms with E-state index in [9.17, 15) is 14.0 Å². The third kappa shape index (κ3) is 5.16. The molecule has 1 aromatic heterocycles. The summed E-state index contributed by atoms with van der Waals surface area (Å²) < 4.78 is 18.5. The van der Waals surface area contributed by atoms with Crippen LogP contribution in [0, 0.1) is 11.7 Å². The van der Waals surface area contributed by atoms with Gasteiger partial charge < -0.3 is 20.1 Å². The first kappa shape index (κ1) is 18.6. The van der Waals surface area contributed by atoms with Crippen LogP contribution in [0.2, 0.25) is 0 Å². The van der Waals surface area contributed by atoms with Crippen LogP contribution in [0.15, 0.2) is 42.6 Å². The Labute approximate surface area is 155 Å². The molecule has 2 heterocycles. The molecule has 1 atom stereocenters. The van der Waals surface area contributed by atoms with Crippen molar-refractivity contribution < 1.29 is 23.8 Å². The summed E-state index contributed by atoms with van der Waals surface area (Å²) in [7, 11) is 0. The number of urea groups is 1. The molecular weight excluding hydrogens is 353 g/mol. The van der Waals surface area contributed by atoms with Gasteiger partial charge in [-0.3, -0.25) is 4.79 Å². The minimum Gasteiger partial charge on any atom is -0.481 e. The molecule has 1 aliphatic heterocycles. The molecule has 1 saturated heterocycles. The number of amides is 2. The van der Waals surface area contributed by atoms with Crippen molar-refractivity contribution >= 4 is 12.0 Å². The Hall–Kier alpha value is -3.16. The predicted molar refractivity (Wildman–Crippen MR) is 94.9 cm³/mol. The van der Waals surface area contributed by atoms with Gasteiger partial charge in [-0.05, 0) is 48.7 Å². The number of nitrogens with zero attached hydrogens (tertiary/aromatic N) is 2. The number of carbonyl (C=O) groups excluding carboxylic acids is 1. The van der Waals surface area contributed by atoms with Crippen molar-refractivity contribution in [3.05, 3.63) is 54.0 Å². The van der Waals surface area contributed by atoms with E-state index in [1.807, 2.05) is 0 Å². The quantitative estimate of drug-likeness (QED) is 0.841. The Kier molecular flexibility index (Phi) is 5.85. The number of rotatable bonds is 5. The molecule has 0 bridgehead atoms. The summed E-state index contributed by atoms with van der Waals surface area (Å²) >= 11 is 0. The zero-order valence-corrected chi connectivity index (χ0v) is 14.6. The predicted octanol–water partition coefficient (Wildman–Crippen LogP) is 3.02. The van der Waals surface area contributed by atoms with E-state index in [1.54, 1.807) is 18.3 Å². The van der Waals surface area contributed by atoms with Gasteiger partial charge in [-0.25, -0.2) is 14.2 Å². The molecular formula is C19H20FN3O4. The topological polar surface area (TPSA) is 91.8 Å². The van der Waals surface area contributed by atoms with Crippen LogP contribution in [0.5, 0.6) is 11.6 Å². The molecule has 2 N–H and O–H groups in total. The molecule has 0 spiro atoms. The molecule has 1 aliphatic rings. The molecule has 1 unspecified atom stereocenters. The number of piperidine rings is 1. The zero-order chi connectivity index (χ0) is 19.2. The summed E-state index contributed by atoms with van der Waals surface area (Å²) in [5, 5.41) is 11.9. The number of pyridine rings is 1. The highest BCUT2D eigenvalue weighted by Gasteiger charge is 2.27. The average Bonchev–Trinajstić information content (AvgIpc) is 2.68. The SMILES string of the molecule is O=C(O)C1CCCN(C(=O)NCc2ccnc(Oc3ccc(F)cc3)c2)C1. The summed E-state index contributed by atoms with van der Waals surface area (Å²) in [6.07, 6.45) is 2.82. The van der Waals surface area contributed by atoms with Gasteiger partial charge in [0.1, 0.15) is 11.6 Å². The van der Waals surface area contributed by atoms with Gasteiger partial charge in [-0.15, -0.1) is 0 Å². The Morgan fingerprint density at radius 1 is 1.30 bits per heavy atom. The molecule has 142 valence electrons. The number of halogens is 1. The highest BCUT2D eigenvalue weighted by atomic mass is 19.1. The number of benzene rings is 1. The highest BCUT2D eigenvalue weighted by Crippen LogP contribution is 2.20. The largest absolute Gasteiger partial charge is 0.481 e. The lowest BCUT2D eigenvalue weighted by atomic mass is 9.99. The molecule has 0 aliphatic carbocycles. The van der Waals surface area contributed by atoms with Crippen molar-refractivity contribution in [2.45, 2.75) is 19.4 Å². The van der Waals surface area contributed by atoms with Crippen LogP contribution >= 0.6 is 0 Å².